The van der Waals surface area contributed by atoms with Crippen LogP contribution in [0.25, 0.3) is 0 Å². The molecule has 98 valence electrons. The van der Waals surface area contributed by atoms with Gasteiger partial charge in [0.25, 0.3) is 17.4 Å². The molecule has 2 amide bonds. The first kappa shape index (κ1) is 12.7. The highest BCUT2D eigenvalue weighted by Crippen LogP contribution is 2.31. The predicted octanol–water partition coefficient (Wildman–Crippen LogP) is -0.000500. The van der Waals surface area contributed by atoms with Crippen molar-refractivity contribution in [3.05, 3.63) is 33.9 Å². The van der Waals surface area contributed by atoms with Gasteiger partial charge < -0.3 is 10.6 Å². The van der Waals surface area contributed by atoms with Gasteiger partial charge in [0, 0.05) is 25.1 Å². The molecule has 0 bridgehead atoms. The molecule has 1 aliphatic heterocycles. The van der Waals surface area contributed by atoms with Crippen molar-refractivity contribution in [2.45, 2.75) is 6.42 Å². The van der Waals surface area contributed by atoms with Crippen LogP contribution >= 0.6 is 0 Å². The second-order valence-electron chi connectivity index (χ2n) is 3.96. The van der Waals surface area contributed by atoms with Gasteiger partial charge in [-0.1, -0.05) is 0 Å². The normalized spacial score (nSPS) is 13.6. The molecule has 0 aromatic heterocycles. The van der Waals surface area contributed by atoms with Gasteiger partial charge in [0.1, 0.15) is 0 Å². The number of non-ortho nitro benzene ring substituents is 1. The fourth-order valence-electron chi connectivity index (χ4n) is 1.85. The van der Waals surface area contributed by atoms with Gasteiger partial charge in [0.05, 0.1) is 16.2 Å². The molecule has 8 heteroatoms. The molecule has 2 rings (SSSR count). The summed E-state index contributed by atoms with van der Waals surface area (Å²) in [5, 5.41) is 10.6. The maximum atomic E-state index is 11.7. The van der Waals surface area contributed by atoms with E-state index in [1.54, 1.807) is 0 Å². The Hall–Kier alpha value is -2.77. The molecule has 0 unspecified atom stereocenters. The lowest BCUT2D eigenvalue weighted by atomic mass is 10.1. The topological polar surface area (TPSA) is 124 Å². The van der Waals surface area contributed by atoms with Gasteiger partial charge in [-0.05, 0) is 6.07 Å². The maximum absolute atomic E-state index is 11.7. The number of carbonyl (C=O) groups is 3. The molecule has 0 aliphatic carbocycles. The molecule has 19 heavy (non-hydrogen) atoms. The third kappa shape index (κ3) is 2.15. The highest BCUT2D eigenvalue weighted by atomic mass is 16.6. The van der Waals surface area contributed by atoms with E-state index in [1.807, 2.05) is 0 Å². The number of nitrogens with two attached hydrogens (primary N) is 1. The number of anilines is 1. The minimum Gasteiger partial charge on any atom is -0.370 e. The smallest absolute Gasteiger partial charge is 0.299 e. The molecule has 1 aromatic rings. The largest absolute Gasteiger partial charge is 0.370 e. The fourth-order valence-corrected chi connectivity index (χ4v) is 1.85. The Labute approximate surface area is 106 Å². The van der Waals surface area contributed by atoms with Crippen molar-refractivity contribution in [3.63, 3.8) is 0 Å². The molecule has 1 aliphatic rings. The number of hydrogen-bond donors (Lipinski definition) is 1. The van der Waals surface area contributed by atoms with E-state index in [0.717, 1.165) is 11.0 Å². The van der Waals surface area contributed by atoms with Gasteiger partial charge in [0.15, 0.2) is 0 Å². The Morgan fingerprint density at radius 2 is 2.05 bits per heavy atom. The third-order valence-electron chi connectivity index (χ3n) is 2.75. The number of benzene rings is 1. The van der Waals surface area contributed by atoms with E-state index in [4.69, 9.17) is 5.73 Å². The highest BCUT2D eigenvalue weighted by Gasteiger charge is 2.36. The number of primary amides is 1. The van der Waals surface area contributed by atoms with E-state index in [0.29, 0.717) is 0 Å². The van der Waals surface area contributed by atoms with E-state index in [-0.39, 0.29) is 29.9 Å². The van der Waals surface area contributed by atoms with Crippen LogP contribution in [0.1, 0.15) is 16.8 Å². The van der Waals surface area contributed by atoms with Crippen molar-refractivity contribution < 1.29 is 19.3 Å². The van der Waals surface area contributed by atoms with Gasteiger partial charge in [0.2, 0.25) is 5.91 Å². The molecule has 2 N–H and O–H groups in total. The first-order valence-corrected chi connectivity index (χ1v) is 5.34. The Bertz CT molecular complexity index is 610. The monoisotopic (exact) mass is 263 g/mol. The lowest BCUT2D eigenvalue weighted by molar-refractivity contribution is -0.384. The summed E-state index contributed by atoms with van der Waals surface area (Å²) in [6.07, 6.45) is -0.0878. The van der Waals surface area contributed by atoms with Gasteiger partial charge in [-0.15, -0.1) is 0 Å². The van der Waals surface area contributed by atoms with Gasteiger partial charge >= 0.3 is 0 Å². The van der Waals surface area contributed by atoms with Crippen molar-refractivity contribution in [1.29, 1.82) is 0 Å². The molecule has 8 nitrogen and oxygen atoms in total. The quantitative estimate of drug-likeness (QED) is 0.465. The fraction of sp³-hybridized carbons (Fsp3) is 0.182. The number of rotatable bonds is 4. The highest BCUT2D eigenvalue weighted by molar-refractivity contribution is 6.52. The van der Waals surface area contributed by atoms with Crippen LogP contribution in [-0.4, -0.2) is 29.1 Å². The van der Waals surface area contributed by atoms with Crippen molar-refractivity contribution >= 4 is 29.0 Å². The lowest BCUT2D eigenvalue weighted by Gasteiger charge is -2.14. The van der Waals surface area contributed by atoms with Crippen molar-refractivity contribution in [2.75, 3.05) is 11.4 Å². The second kappa shape index (κ2) is 4.48. The van der Waals surface area contributed by atoms with E-state index in [9.17, 15) is 24.5 Å². The molecular formula is C11H9N3O5. The summed E-state index contributed by atoms with van der Waals surface area (Å²) in [4.78, 5) is 45.2. The zero-order valence-electron chi connectivity index (χ0n) is 9.66. The SMILES string of the molecule is NC(=O)CCN1C(=O)C(=O)c2cc([N+](=O)[O-])ccc21. The summed E-state index contributed by atoms with van der Waals surface area (Å²) < 4.78 is 0. The van der Waals surface area contributed by atoms with Crippen LogP contribution < -0.4 is 10.6 Å². The number of carbonyl (C=O) groups excluding carboxylic acids is 3. The standard InChI is InChI=1S/C11H9N3O5/c12-9(15)3-4-13-8-2-1-6(14(18)19)5-7(8)10(16)11(13)17/h1-2,5H,3-4H2,(H2,12,15). The minimum absolute atomic E-state index is 0.0231. The van der Waals surface area contributed by atoms with Gasteiger partial charge in [-0.25, -0.2) is 0 Å². The van der Waals surface area contributed by atoms with Gasteiger partial charge in [-0.3, -0.25) is 24.5 Å². The number of Topliss-reactive ketones (excluding diaryl/α,β-unsaturated/α-hetero) is 1. The predicted molar refractivity (Wildman–Crippen MR) is 63.6 cm³/mol. The van der Waals surface area contributed by atoms with Crippen LogP contribution in [0.2, 0.25) is 0 Å². The van der Waals surface area contributed by atoms with Crippen molar-refractivity contribution in [1.82, 2.24) is 0 Å². The molecule has 0 saturated carbocycles. The Morgan fingerprint density at radius 1 is 1.37 bits per heavy atom. The van der Waals surface area contributed by atoms with Crippen LogP contribution in [0.3, 0.4) is 0 Å². The summed E-state index contributed by atoms with van der Waals surface area (Å²) in [5.74, 6) is -2.23. The second-order valence-corrected chi connectivity index (χ2v) is 3.96. The molecule has 0 spiro atoms. The zero-order valence-corrected chi connectivity index (χ0v) is 9.66. The van der Waals surface area contributed by atoms with E-state index in [2.05, 4.69) is 0 Å². The zero-order chi connectivity index (χ0) is 14.2. The van der Waals surface area contributed by atoms with E-state index >= 15 is 0 Å². The van der Waals surface area contributed by atoms with Crippen LogP contribution in [0.4, 0.5) is 11.4 Å². The summed E-state index contributed by atoms with van der Waals surface area (Å²) in [6, 6.07) is 3.57. The Balaban J connectivity index is 2.38. The molecule has 0 radical (unpaired) electrons. The third-order valence-corrected chi connectivity index (χ3v) is 2.75. The first-order chi connectivity index (χ1) is 8.91. The van der Waals surface area contributed by atoms with Gasteiger partial charge in [-0.2, -0.15) is 0 Å². The van der Waals surface area contributed by atoms with E-state index < -0.39 is 22.5 Å². The molecular weight excluding hydrogens is 254 g/mol. The van der Waals surface area contributed by atoms with Crippen molar-refractivity contribution in [2.24, 2.45) is 5.73 Å². The summed E-state index contributed by atoms with van der Waals surface area (Å²) in [6.45, 7) is -0.0231. The summed E-state index contributed by atoms with van der Waals surface area (Å²) >= 11 is 0. The first-order valence-electron chi connectivity index (χ1n) is 5.34. The Kier molecular flexibility index (Phi) is 2.99. The number of hydrogen-bond acceptors (Lipinski definition) is 5. The average molecular weight is 263 g/mol. The minimum atomic E-state index is -0.817. The van der Waals surface area contributed by atoms with Crippen LogP contribution in [0, 0.1) is 10.1 Å². The van der Waals surface area contributed by atoms with Crippen LogP contribution in [0.5, 0.6) is 0 Å². The average Bonchev–Trinajstić information content (AvgIpc) is 2.59. The van der Waals surface area contributed by atoms with Crippen LogP contribution in [-0.2, 0) is 9.59 Å². The molecule has 1 aromatic carbocycles. The molecule has 0 fully saturated rings. The number of amides is 2. The van der Waals surface area contributed by atoms with Crippen LogP contribution in [0.15, 0.2) is 18.2 Å². The maximum Gasteiger partial charge on any atom is 0.299 e. The van der Waals surface area contributed by atoms with Crippen molar-refractivity contribution in [3.8, 4) is 0 Å². The number of nitro benzene ring substituents is 1. The number of nitrogens with zero attached hydrogens (tertiary/aromatic N) is 2. The lowest BCUT2D eigenvalue weighted by Crippen LogP contribution is -2.32. The number of ketones is 1. The molecule has 0 atom stereocenters. The number of nitro groups is 1. The Morgan fingerprint density at radius 3 is 2.63 bits per heavy atom. The number of fused-ring (bicyclic) bond motifs is 1. The summed E-state index contributed by atoms with van der Waals surface area (Å²) in [5.41, 5.74) is 4.96. The van der Waals surface area contributed by atoms with E-state index in [1.165, 1.54) is 12.1 Å². The summed E-state index contributed by atoms with van der Waals surface area (Å²) in [7, 11) is 0. The molecule has 0 saturated heterocycles. The molecule has 1 heterocycles.